The van der Waals surface area contributed by atoms with Crippen molar-refractivity contribution in [2.75, 3.05) is 6.61 Å². The van der Waals surface area contributed by atoms with E-state index in [1.54, 1.807) is 0 Å². The zero-order valence-corrected chi connectivity index (χ0v) is 11.2. The minimum Gasteiger partial charge on any atom is -0.369 e. The Hall–Kier alpha value is -0.350. The summed E-state index contributed by atoms with van der Waals surface area (Å²) in [5.41, 5.74) is 0.916. The lowest BCUT2D eigenvalue weighted by Gasteiger charge is -2.29. The van der Waals surface area contributed by atoms with Crippen LogP contribution in [0, 0.1) is 0 Å². The van der Waals surface area contributed by atoms with E-state index in [1.807, 2.05) is 20.8 Å². The Labute approximate surface area is 100 Å². The maximum atomic E-state index is 12.1. The van der Waals surface area contributed by atoms with Crippen LogP contribution in [-0.2, 0) is 15.7 Å². The summed E-state index contributed by atoms with van der Waals surface area (Å²) in [5.74, 6) is 0. The van der Waals surface area contributed by atoms with Crippen molar-refractivity contribution in [1.29, 1.82) is 0 Å². The summed E-state index contributed by atoms with van der Waals surface area (Å²) in [6.45, 7) is 6.77. The van der Waals surface area contributed by atoms with Gasteiger partial charge >= 0.3 is 0 Å². The predicted molar refractivity (Wildman–Crippen MR) is 66.3 cm³/mol. The molecule has 3 nitrogen and oxygen atoms in total. The van der Waals surface area contributed by atoms with Gasteiger partial charge in [-0.05, 0) is 46.5 Å². The molecule has 92 valence electrons. The molecule has 1 aliphatic heterocycles. The molecular weight excluding hydrogens is 222 g/mol. The molecule has 0 amide bonds. The minimum absolute atomic E-state index is 0.138. The molecule has 4 heteroatoms. The van der Waals surface area contributed by atoms with Crippen molar-refractivity contribution in [2.24, 2.45) is 0 Å². The van der Waals surface area contributed by atoms with Crippen molar-refractivity contribution in [3.05, 3.63) is 11.8 Å². The monoisotopic (exact) mass is 243 g/mol. The number of allylic oxidation sites excluding steroid dienone is 1. The van der Waals surface area contributed by atoms with Gasteiger partial charge in [-0.25, -0.2) is 4.21 Å². The van der Waals surface area contributed by atoms with Gasteiger partial charge in [0.15, 0.2) is 0 Å². The molecule has 1 N–H and O–H groups in total. The molecule has 1 spiro atoms. The van der Waals surface area contributed by atoms with Gasteiger partial charge in [-0.2, -0.15) is 0 Å². The van der Waals surface area contributed by atoms with Crippen molar-refractivity contribution in [2.45, 2.75) is 56.8 Å². The molecule has 2 aliphatic rings. The molecule has 2 unspecified atom stereocenters. The quantitative estimate of drug-likeness (QED) is 0.808. The van der Waals surface area contributed by atoms with Crippen LogP contribution in [0.15, 0.2) is 11.8 Å². The second-order valence-electron chi connectivity index (χ2n) is 5.59. The van der Waals surface area contributed by atoms with Crippen LogP contribution < -0.4 is 4.72 Å². The Bertz CT molecular complexity index is 324. The van der Waals surface area contributed by atoms with Crippen LogP contribution in [-0.4, -0.2) is 21.2 Å². The van der Waals surface area contributed by atoms with Gasteiger partial charge in [-0.15, -0.1) is 0 Å². The van der Waals surface area contributed by atoms with Crippen molar-refractivity contribution in [3.63, 3.8) is 0 Å². The molecule has 1 saturated heterocycles. The Morgan fingerprint density at radius 2 is 2.19 bits per heavy atom. The molecule has 1 aliphatic carbocycles. The van der Waals surface area contributed by atoms with Gasteiger partial charge in [-0.3, -0.25) is 0 Å². The van der Waals surface area contributed by atoms with Gasteiger partial charge < -0.3 is 9.46 Å². The first-order chi connectivity index (χ1) is 7.44. The lowest BCUT2D eigenvalue weighted by molar-refractivity contribution is 0.0337. The first-order valence-corrected chi connectivity index (χ1v) is 7.12. The molecule has 0 aromatic carbocycles. The molecule has 2 atom stereocenters. The normalized spacial score (nSPS) is 31.8. The van der Waals surface area contributed by atoms with Crippen molar-refractivity contribution in [3.8, 4) is 0 Å². The number of hydrogen-bond donors (Lipinski definition) is 1. The lowest BCUT2D eigenvalue weighted by Crippen LogP contribution is -2.40. The molecule has 0 aromatic rings. The predicted octanol–water partition coefficient (Wildman–Crippen LogP) is 2.27. The van der Waals surface area contributed by atoms with Gasteiger partial charge in [0.2, 0.25) is 0 Å². The molecule has 0 aromatic heterocycles. The average molecular weight is 243 g/mol. The summed E-state index contributed by atoms with van der Waals surface area (Å²) >= 11 is 0. The Morgan fingerprint density at radius 1 is 1.44 bits per heavy atom. The van der Waals surface area contributed by atoms with Crippen LogP contribution in [0.1, 0.15) is 46.5 Å². The van der Waals surface area contributed by atoms with Crippen LogP contribution in [0.4, 0.5) is 0 Å². The van der Waals surface area contributed by atoms with Crippen LogP contribution in [0.2, 0.25) is 0 Å². The molecule has 0 saturated carbocycles. The number of ether oxygens (including phenoxy) is 1. The molecule has 0 bridgehead atoms. The third kappa shape index (κ3) is 2.18. The molecule has 16 heavy (non-hydrogen) atoms. The Morgan fingerprint density at radius 3 is 2.75 bits per heavy atom. The van der Waals surface area contributed by atoms with E-state index in [4.69, 9.17) is 4.74 Å². The summed E-state index contributed by atoms with van der Waals surface area (Å²) in [5, 5.41) is 0. The number of nitrogens with one attached hydrogen (secondary N) is 1. The summed E-state index contributed by atoms with van der Waals surface area (Å²) in [7, 11) is -1.05. The van der Waals surface area contributed by atoms with Crippen LogP contribution in [0.3, 0.4) is 0 Å². The minimum atomic E-state index is -1.05. The van der Waals surface area contributed by atoms with Gasteiger partial charge in [0.25, 0.3) is 0 Å². The fourth-order valence-electron chi connectivity index (χ4n) is 2.26. The van der Waals surface area contributed by atoms with E-state index in [2.05, 4.69) is 10.8 Å². The smallest absolute Gasteiger partial charge is 0.122 e. The molecule has 1 fully saturated rings. The maximum Gasteiger partial charge on any atom is 0.122 e. The van der Waals surface area contributed by atoms with Crippen LogP contribution in [0.5, 0.6) is 0 Å². The topological polar surface area (TPSA) is 38.3 Å². The van der Waals surface area contributed by atoms with Gasteiger partial charge in [0.05, 0.1) is 10.4 Å². The van der Waals surface area contributed by atoms with Crippen LogP contribution in [0.25, 0.3) is 0 Å². The molecule has 2 rings (SSSR count). The largest absolute Gasteiger partial charge is 0.369 e. The SMILES string of the molecule is CC(C)(C)S(=O)NC1=CCCC12CCCO2. The third-order valence-corrected chi connectivity index (χ3v) is 4.77. The van der Waals surface area contributed by atoms with E-state index < -0.39 is 11.0 Å². The highest BCUT2D eigenvalue weighted by Gasteiger charge is 2.42. The van der Waals surface area contributed by atoms with Crippen molar-refractivity contribution in [1.82, 2.24) is 4.72 Å². The fourth-order valence-corrected chi connectivity index (χ4v) is 3.04. The number of hydrogen-bond acceptors (Lipinski definition) is 2. The standard InChI is InChI=1S/C12H21NO2S/c1-11(2,3)16(14)13-10-6-4-7-12(10)8-5-9-15-12/h6,13H,4-5,7-9H2,1-3H3. The maximum absolute atomic E-state index is 12.1. The fraction of sp³-hybridized carbons (Fsp3) is 0.833. The molecular formula is C12H21NO2S. The second-order valence-corrected chi connectivity index (χ2v) is 7.55. The zero-order chi connectivity index (χ0) is 11.8. The summed E-state index contributed by atoms with van der Waals surface area (Å²) < 4.78 is 20.9. The van der Waals surface area contributed by atoms with E-state index in [9.17, 15) is 4.21 Å². The van der Waals surface area contributed by atoms with E-state index in [-0.39, 0.29) is 10.3 Å². The van der Waals surface area contributed by atoms with Crippen molar-refractivity contribution >= 4 is 11.0 Å². The lowest BCUT2D eigenvalue weighted by atomic mass is 9.97. The zero-order valence-electron chi connectivity index (χ0n) is 10.3. The summed E-state index contributed by atoms with van der Waals surface area (Å²) in [6, 6.07) is 0. The van der Waals surface area contributed by atoms with E-state index in [0.717, 1.165) is 38.0 Å². The van der Waals surface area contributed by atoms with E-state index >= 15 is 0 Å². The highest BCUT2D eigenvalue weighted by Crippen LogP contribution is 2.40. The Kier molecular flexibility index (Phi) is 3.14. The van der Waals surface area contributed by atoms with E-state index in [1.165, 1.54) is 0 Å². The molecule has 1 heterocycles. The average Bonchev–Trinajstić information content (AvgIpc) is 2.78. The van der Waals surface area contributed by atoms with Gasteiger partial charge in [-0.1, -0.05) is 6.08 Å². The van der Waals surface area contributed by atoms with Crippen molar-refractivity contribution < 1.29 is 8.95 Å². The van der Waals surface area contributed by atoms with Gasteiger partial charge in [0.1, 0.15) is 16.6 Å². The number of rotatable bonds is 2. The summed E-state index contributed by atoms with van der Waals surface area (Å²) in [6.07, 6.45) is 6.39. The highest BCUT2D eigenvalue weighted by atomic mass is 32.2. The summed E-state index contributed by atoms with van der Waals surface area (Å²) in [4.78, 5) is 0. The van der Waals surface area contributed by atoms with Crippen LogP contribution >= 0.6 is 0 Å². The van der Waals surface area contributed by atoms with Gasteiger partial charge in [0, 0.05) is 6.61 Å². The molecule has 0 radical (unpaired) electrons. The second kappa shape index (κ2) is 4.15. The highest BCUT2D eigenvalue weighted by molar-refractivity contribution is 7.84. The third-order valence-electron chi connectivity index (χ3n) is 3.25. The Balaban J connectivity index is 2.07. The first-order valence-electron chi connectivity index (χ1n) is 5.97. The first kappa shape index (κ1) is 12.1. The van der Waals surface area contributed by atoms with E-state index in [0.29, 0.717) is 0 Å².